The maximum absolute atomic E-state index is 13.1. The number of ether oxygens (including phenoxy) is 2. The number of aliphatic hydroxyl groups excluding tert-OH is 6. The van der Waals surface area contributed by atoms with Crippen molar-refractivity contribution in [2.24, 2.45) is 92.7 Å². The van der Waals surface area contributed by atoms with Crippen LogP contribution < -0.4 is 0 Å². The van der Waals surface area contributed by atoms with E-state index in [0.717, 1.165) is 88.4 Å². The molecule has 3 aromatic heterocycles. The molecule has 0 saturated heterocycles. The number of rotatable bonds is 16. The molecular formula is C61H91N7O10. The van der Waals surface area contributed by atoms with E-state index in [9.17, 15) is 40.2 Å². The molecule has 0 spiro atoms. The average Bonchev–Trinajstić information content (AvgIpc) is 3.79. The number of aliphatic hydroxyl groups is 6. The Morgan fingerprint density at radius 3 is 1.42 bits per heavy atom. The lowest BCUT2D eigenvalue weighted by atomic mass is 9.43. The van der Waals surface area contributed by atoms with Gasteiger partial charge in [0.25, 0.3) is 0 Å². The van der Waals surface area contributed by atoms with E-state index in [2.05, 4.69) is 62.2 Å². The molecule has 8 fully saturated rings. The molecule has 0 aliphatic heterocycles. The number of carbonyl (C=O) groups is 2. The highest BCUT2D eigenvalue weighted by Gasteiger charge is 2.67. The third-order valence-corrected chi connectivity index (χ3v) is 24.1. The predicted octanol–water partition coefficient (Wildman–Crippen LogP) is 7.20. The highest BCUT2D eigenvalue weighted by molar-refractivity contribution is 5.69. The number of fused-ring (bicyclic) bond motifs is 10. The van der Waals surface area contributed by atoms with Gasteiger partial charge < -0.3 is 40.1 Å². The third kappa shape index (κ3) is 10.1. The van der Waals surface area contributed by atoms with Crippen LogP contribution in [0.15, 0.2) is 30.6 Å². The number of hydrogen-bond donors (Lipinski definition) is 6. The molecule has 0 amide bonds. The van der Waals surface area contributed by atoms with Gasteiger partial charge in [-0.15, -0.1) is 10.2 Å². The molecule has 430 valence electrons. The molecule has 0 unspecified atom stereocenters. The molecular weight excluding hydrogens is 991 g/mol. The summed E-state index contributed by atoms with van der Waals surface area (Å²) in [4.78, 5) is 31.1. The Balaban J connectivity index is 0.604. The lowest BCUT2D eigenvalue weighted by molar-refractivity contribution is -0.207. The van der Waals surface area contributed by atoms with E-state index in [1.54, 1.807) is 21.8 Å². The predicted molar refractivity (Wildman–Crippen MR) is 287 cm³/mol. The first-order valence-corrected chi connectivity index (χ1v) is 30.3. The second kappa shape index (κ2) is 21.8. The molecule has 78 heavy (non-hydrogen) atoms. The molecule has 17 nitrogen and oxygen atoms in total. The van der Waals surface area contributed by atoms with Crippen LogP contribution in [0.25, 0.3) is 0 Å². The largest absolute Gasteiger partial charge is 0.459 e. The van der Waals surface area contributed by atoms with Crippen LogP contribution in [0.1, 0.15) is 180 Å². The number of esters is 2. The Labute approximate surface area is 461 Å². The molecule has 3 aromatic rings. The van der Waals surface area contributed by atoms with E-state index in [0.29, 0.717) is 50.2 Å². The summed E-state index contributed by atoms with van der Waals surface area (Å²) in [5.41, 5.74) is 2.01. The molecule has 0 aromatic carbocycles. The van der Waals surface area contributed by atoms with Gasteiger partial charge in [0.05, 0.1) is 73.5 Å². The Bertz CT molecular complexity index is 2440. The molecule has 22 atom stereocenters. The van der Waals surface area contributed by atoms with Crippen LogP contribution in [0, 0.1) is 92.7 Å². The topological polar surface area (TPSA) is 248 Å². The summed E-state index contributed by atoms with van der Waals surface area (Å²) in [6.07, 6.45) is 14.8. The van der Waals surface area contributed by atoms with Crippen LogP contribution in [-0.2, 0) is 45.4 Å². The van der Waals surface area contributed by atoms with Gasteiger partial charge in [-0.2, -0.15) is 0 Å². The van der Waals surface area contributed by atoms with Crippen LogP contribution in [-0.4, -0.2) is 114 Å². The fourth-order valence-electron chi connectivity index (χ4n) is 19.8. The van der Waals surface area contributed by atoms with Crippen molar-refractivity contribution in [3.63, 3.8) is 0 Å². The van der Waals surface area contributed by atoms with Crippen LogP contribution in [0.3, 0.4) is 0 Å². The molecule has 8 aliphatic carbocycles. The summed E-state index contributed by atoms with van der Waals surface area (Å²) in [7, 11) is 0. The zero-order chi connectivity index (χ0) is 55.1. The molecule has 11 rings (SSSR count). The van der Waals surface area contributed by atoms with Gasteiger partial charge in [-0.1, -0.05) is 58.0 Å². The second-order valence-corrected chi connectivity index (χ2v) is 27.8. The quantitative estimate of drug-likeness (QED) is 0.0777. The lowest BCUT2D eigenvalue weighted by Gasteiger charge is -2.63. The van der Waals surface area contributed by atoms with Crippen molar-refractivity contribution in [1.29, 1.82) is 0 Å². The fraction of sp³-hybridized carbons (Fsp3) is 0.820. The highest BCUT2D eigenvalue weighted by atomic mass is 16.5. The van der Waals surface area contributed by atoms with Crippen molar-refractivity contribution in [2.45, 2.75) is 220 Å². The minimum atomic E-state index is -0.468. The fourth-order valence-corrected chi connectivity index (χ4v) is 19.8. The summed E-state index contributed by atoms with van der Waals surface area (Å²) in [5, 5.41) is 85.2. The van der Waals surface area contributed by atoms with E-state index in [-0.39, 0.29) is 143 Å². The molecule has 17 heteroatoms. The normalized spacial score (nSPS) is 42.5. The molecule has 0 bridgehead atoms. The number of pyridine rings is 1. The van der Waals surface area contributed by atoms with E-state index in [4.69, 9.17) is 14.5 Å². The minimum Gasteiger partial charge on any atom is -0.459 e. The maximum Gasteiger partial charge on any atom is 0.306 e. The van der Waals surface area contributed by atoms with Gasteiger partial charge in [0.15, 0.2) is 0 Å². The molecule has 6 N–H and O–H groups in total. The molecule has 8 aliphatic rings. The summed E-state index contributed by atoms with van der Waals surface area (Å²) in [6, 6.07) is 5.73. The van der Waals surface area contributed by atoms with Crippen molar-refractivity contribution >= 4 is 11.9 Å². The zero-order valence-electron chi connectivity index (χ0n) is 47.3. The monoisotopic (exact) mass is 1080 g/mol. The Kier molecular flexibility index (Phi) is 15.6. The van der Waals surface area contributed by atoms with Crippen LogP contribution >= 0.6 is 0 Å². The van der Waals surface area contributed by atoms with Gasteiger partial charge >= 0.3 is 11.9 Å². The smallest absolute Gasteiger partial charge is 0.306 e. The van der Waals surface area contributed by atoms with E-state index in [1.165, 1.54) is 0 Å². The number of hydrogen-bond acceptors (Lipinski definition) is 15. The van der Waals surface area contributed by atoms with E-state index < -0.39 is 24.4 Å². The van der Waals surface area contributed by atoms with Gasteiger partial charge in [-0.05, 0) is 208 Å². The first kappa shape index (κ1) is 56.0. The van der Waals surface area contributed by atoms with E-state index >= 15 is 0 Å². The lowest BCUT2D eigenvalue weighted by Crippen LogP contribution is -2.62. The highest BCUT2D eigenvalue weighted by Crippen LogP contribution is 2.70. The van der Waals surface area contributed by atoms with Gasteiger partial charge in [0.1, 0.15) is 24.6 Å². The molecule has 3 heterocycles. The standard InChI is InChI=1S/C61H91N7O10/c1-34(44-12-14-46-56-48(26-52(73)60(44,46)5)58(3)20-18-42(69)22-36(58)24-50(56)71)10-16-54(75)77-32-40-30-67(65-63-40)28-38-8-7-9-39(62-38)29-68-31-41(64-66-68)33-78-55(76)17-11-35(2)45-13-15-47-57-49(27-53(74)61(45,47)6)59(4)21-19-43(70)23-37(59)25-51(57)72/h7-9,30-31,34-37,42-53,56-57,69-74H,10-29,32-33H2,1-6H3/t34-,35-,36+,37+,42-,43-,44-,45-,46+,47+,48+,49+,50-,51-,52+,53+,56+,57+,58+,59+,60-,61-/m1/s1. The van der Waals surface area contributed by atoms with Crippen LogP contribution in [0.5, 0.6) is 0 Å². The van der Waals surface area contributed by atoms with Crippen molar-refractivity contribution in [3.8, 4) is 0 Å². The van der Waals surface area contributed by atoms with Gasteiger partial charge in [0.2, 0.25) is 0 Å². The Hall–Kier alpha value is -3.87. The summed E-state index contributed by atoms with van der Waals surface area (Å²) < 4.78 is 14.7. The number of aromatic nitrogens is 7. The summed E-state index contributed by atoms with van der Waals surface area (Å²) in [6.45, 7) is 14.3. The molecule has 0 radical (unpaired) electrons. The van der Waals surface area contributed by atoms with Crippen LogP contribution in [0.2, 0.25) is 0 Å². The average molecular weight is 1080 g/mol. The maximum atomic E-state index is 13.1. The van der Waals surface area contributed by atoms with Crippen molar-refractivity contribution < 1.29 is 49.7 Å². The van der Waals surface area contributed by atoms with Crippen molar-refractivity contribution in [2.75, 3.05) is 0 Å². The van der Waals surface area contributed by atoms with Gasteiger partial charge in [-0.3, -0.25) is 14.6 Å². The SMILES string of the molecule is C[C@H](CCC(=O)OCc1cn(Cc2cccc(Cn3cc(COC(=O)CC[C@@H](C)[C@H]4CC[C@H]5[C@@H]6[C@H](O)C[C@@H]7C[C@H](O)CC[C@]7(C)[C@H]6C[C@H](O)[C@]45C)nn3)n2)nn1)[C@H]1CC[C@H]2[C@@H]3[C@H](O)C[C@@H]4C[C@H](O)CC[C@]4(C)[C@H]3C[C@H](O)[C@]12C. The van der Waals surface area contributed by atoms with Crippen LogP contribution in [0.4, 0.5) is 0 Å². The minimum absolute atomic E-state index is 0.0101. The molecule has 8 saturated carbocycles. The Morgan fingerprint density at radius 2 is 1.00 bits per heavy atom. The number of nitrogens with zero attached hydrogens (tertiary/aromatic N) is 7. The zero-order valence-corrected chi connectivity index (χ0v) is 47.3. The van der Waals surface area contributed by atoms with Gasteiger partial charge in [-0.25, -0.2) is 9.36 Å². The summed E-state index contributed by atoms with van der Waals surface area (Å²) in [5.74, 6) is 2.14. The third-order valence-electron chi connectivity index (χ3n) is 24.1. The summed E-state index contributed by atoms with van der Waals surface area (Å²) >= 11 is 0. The van der Waals surface area contributed by atoms with E-state index in [1.807, 2.05) is 18.2 Å². The van der Waals surface area contributed by atoms with Crippen molar-refractivity contribution in [1.82, 2.24) is 35.0 Å². The second-order valence-electron chi connectivity index (χ2n) is 27.8. The van der Waals surface area contributed by atoms with Crippen molar-refractivity contribution in [3.05, 3.63) is 53.4 Å². The first-order valence-electron chi connectivity index (χ1n) is 30.3. The number of carbonyl (C=O) groups excluding carboxylic acids is 2. The first-order chi connectivity index (χ1) is 37.2. The Morgan fingerprint density at radius 1 is 0.577 bits per heavy atom. The van der Waals surface area contributed by atoms with Gasteiger partial charge in [0, 0.05) is 12.8 Å².